The Kier molecular flexibility index (Phi) is 8.44. The molecule has 0 atom stereocenters. The molecule has 0 spiro atoms. The Morgan fingerprint density at radius 3 is 2.34 bits per heavy atom. The van der Waals surface area contributed by atoms with Gasteiger partial charge in [0.2, 0.25) is 0 Å². The summed E-state index contributed by atoms with van der Waals surface area (Å²) in [6, 6.07) is 13.2. The summed E-state index contributed by atoms with van der Waals surface area (Å²) in [5.74, 6) is -1.71. The van der Waals surface area contributed by atoms with Crippen LogP contribution in [0, 0.1) is 6.92 Å². The van der Waals surface area contributed by atoms with Crippen molar-refractivity contribution in [3.05, 3.63) is 70.1 Å². The number of amides is 2. The molecule has 0 saturated heterocycles. The van der Waals surface area contributed by atoms with E-state index in [1.807, 2.05) is 26.0 Å². The van der Waals surface area contributed by atoms with E-state index in [-0.39, 0.29) is 0 Å². The predicted octanol–water partition coefficient (Wildman–Crippen LogP) is 2.33. The minimum Gasteiger partial charge on any atom is -0.482 e. The number of carbonyl (C=O) groups is 3. The average Bonchev–Trinajstić information content (AvgIpc) is 2.85. The lowest BCUT2D eigenvalue weighted by Gasteiger charge is -2.21. The molecule has 0 radical (unpaired) electrons. The normalized spacial score (nSPS) is 10.5. The molecule has 184 valence electrons. The summed E-state index contributed by atoms with van der Waals surface area (Å²) in [5.41, 5.74) is 6.43. The molecule has 1 heterocycles. The van der Waals surface area contributed by atoms with Crippen molar-refractivity contribution in [3.63, 3.8) is 0 Å². The zero-order valence-electron chi connectivity index (χ0n) is 19.8. The SMILES string of the molecule is CCN(CC)c1ccc(C(=O)NNC(=O)COC(=O)COc2ccc3c(C)cc(=O)oc3c2)cc1. The molecule has 0 aliphatic carbocycles. The first kappa shape index (κ1) is 25.3. The minimum atomic E-state index is -0.788. The van der Waals surface area contributed by atoms with E-state index >= 15 is 0 Å². The van der Waals surface area contributed by atoms with Gasteiger partial charge in [-0.15, -0.1) is 0 Å². The quantitative estimate of drug-likeness (QED) is 0.271. The van der Waals surface area contributed by atoms with Gasteiger partial charge in [-0.25, -0.2) is 9.59 Å². The van der Waals surface area contributed by atoms with E-state index in [0.29, 0.717) is 16.9 Å². The molecular formula is C25H27N3O7. The first-order valence-electron chi connectivity index (χ1n) is 11.1. The summed E-state index contributed by atoms with van der Waals surface area (Å²) in [7, 11) is 0. The number of hydrogen-bond donors (Lipinski definition) is 2. The topological polar surface area (TPSA) is 127 Å². The number of esters is 1. The highest BCUT2D eigenvalue weighted by Crippen LogP contribution is 2.22. The van der Waals surface area contributed by atoms with Crippen LogP contribution in [0.5, 0.6) is 5.75 Å². The summed E-state index contributed by atoms with van der Waals surface area (Å²) in [4.78, 5) is 49.7. The smallest absolute Gasteiger partial charge is 0.344 e. The van der Waals surface area contributed by atoms with Crippen LogP contribution in [0.1, 0.15) is 29.8 Å². The van der Waals surface area contributed by atoms with Crippen molar-refractivity contribution in [2.75, 3.05) is 31.2 Å². The number of hydrogen-bond acceptors (Lipinski definition) is 8. The lowest BCUT2D eigenvalue weighted by Crippen LogP contribution is -2.43. The third-order valence-electron chi connectivity index (χ3n) is 5.22. The molecule has 0 unspecified atom stereocenters. The number of nitrogens with zero attached hydrogens (tertiary/aromatic N) is 1. The van der Waals surface area contributed by atoms with Gasteiger partial charge in [-0.05, 0) is 62.7 Å². The fourth-order valence-corrected chi connectivity index (χ4v) is 3.37. The minimum absolute atomic E-state index is 0.298. The first-order valence-corrected chi connectivity index (χ1v) is 11.1. The molecule has 0 fully saturated rings. The van der Waals surface area contributed by atoms with Gasteiger partial charge in [0, 0.05) is 41.9 Å². The maximum atomic E-state index is 12.2. The van der Waals surface area contributed by atoms with Gasteiger partial charge in [0.1, 0.15) is 11.3 Å². The van der Waals surface area contributed by atoms with Gasteiger partial charge in [0.15, 0.2) is 13.2 Å². The van der Waals surface area contributed by atoms with E-state index in [1.54, 1.807) is 31.2 Å². The van der Waals surface area contributed by atoms with Gasteiger partial charge < -0.3 is 18.8 Å². The van der Waals surface area contributed by atoms with Gasteiger partial charge in [0.25, 0.3) is 11.8 Å². The average molecular weight is 482 g/mol. The first-order chi connectivity index (χ1) is 16.8. The van der Waals surface area contributed by atoms with Crippen LogP contribution in [-0.2, 0) is 14.3 Å². The second-order valence-electron chi connectivity index (χ2n) is 7.58. The number of benzene rings is 2. The Bertz CT molecular complexity index is 1260. The summed E-state index contributed by atoms with van der Waals surface area (Å²) < 4.78 is 15.3. The van der Waals surface area contributed by atoms with Crippen LogP contribution in [0.25, 0.3) is 11.0 Å². The van der Waals surface area contributed by atoms with Crippen LogP contribution in [0.15, 0.2) is 57.7 Å². The van der Waals surface area contributed by atoms with E-state index in [1.165, 1.54) is 12.1 Å². The Morgan fingerprint density at radius 1 is 0.943 bits per heavy atom. The number of ether oxygens (including phenoxy) is 2. The summed E-state index contributed by atoms with van der Waals surface area (Å²) in [6.45, 7) is 6.51. The number of anilines is 1. The molecular weight excluding hydrogens is 454 g/mol. The number of rotatable bonds is 9. The number of nitrogens with one attached hydrogen (secondary N) is 2. The molecule has 3 rings (SSSR count). The summed E-state index contributed by atoms with van der Waals surface area (Å²) in [5, 5.41) is 0.748. The lowest BCUT2D eigenvalue weighted by atomic mass is 10.1. The second kappa shape index (κ2) is 11.7. The highest BCUT2D eigenvalue weighted by atomic mass is 16.6. The van der Waals surface area contributed by atoms with Gasteiger partial charge in [0.05, 0.1) is 0 Å². The van der Waals surface area contributed by atoms with Crippen molar-refractivity contribution in [3.8, 4) is 5.75 Å². The number of carbonyl (C=O) groups excluding carboxylic acids is 3. The van der Waals surface area contributed by atoms with Crippen molar-refractivity contribution in [1.29, 1.82) is 0 Å². The van der Waals surface area contributed by atoms with E-state index in [2.05, 4.69) is 15.8 Å². The van der Waals surface area contributed by atoms with Crippen molar-refractivity contribution in [2.24, 2.45) is 0 Å². The summed E-state index contributed by atoms with van der Waals surface area (Å²) >= 11 is 0. The Morgan fingerprint density at radius 2 is 1.66 bits per heavy atom. The van der Waals surface area contributed by atoms with Crippen LogP contribution < -0.4 is 26.1 Å². The second-order valence-corrected chi connectivity index (χ2v) is 7.58. The van der Waals surface area contributed by atoms with E-state index in [9.17, 15) is 19.2 Å². The maximum Gasteiger partial charge on any atom is 0.344 e. The van der Waals surface area contributed by atoms with Crippen molar-refractivity contribution in [2.45, 2.75) is 20.8 Å². The van der Waals surface area contributed by atoms with Gasteiger partial charge in [-0.1, -0.05) is 0 Å². The molecule has 0 saturated carbocycles. The molecule has 3 aromatic rings. The number of hydrazine groups is 1. The molecule has 2 N–H and O–H groups in total. The van der Waals surface area contributed by atoms with Crippen LogP contribution in [0.2, 0.25) is 0 Å². The number of aryl methyl sites for hydroxylation is 1. The molecule has 0 bridgehead atoms. The molecule has 0 aliphatic rings. The molecule has 35 heavy (non-hydrogen) atoms. The van der Waals surface area contributed by atoms with E-state index < -0.39 is 36.6 Å². The Labute approximate surface area is 201 Å². The molecule has 2 aromatic carbocycles. The standard InChI is InChI=1S/C25H27N3O7/c1-4-28(5-2)18-8-6-17(7-9-18)25(32)27-26-22(29)14-34-24(31)15-33-19-10-11-20-16(3)12-23(30)35-21(20)13-19/h6-13H,4-5,14-15H2,1-3H3,(H,26,29)(H,27,32). The van der Waals surface area contributed by atoms with Crippen LogP contribution >= 0.6 is 0 Å². The molecule has 10 heteroatoms. The van der Waals surface area contributed by atoms with Gasteiger partial charge >= 0.3 is 11.6 Å². The molecule has 2 amide bonds. The van der Waals surface area contributed by atoms with Crippen LogP contribution in [-0.4, -0.2) is 44.1 Å². The Balaban J connectivity index is 1.41. The Hall–Kier alpha value is -4.34. The zero-order valence-corrected chi connectivity index (χ0v) is 19.8. The molecule has 1 aromatic heterocycles. The fourth-order valence-electron chi connectivity index (χ4n) is 3.37. The van der Waals surface area contributed by atoms with E-state index in [4.69, 9.17) is 13.9 Å². The van der Waals surface area contributed by atoms with Crippen molar-refractivity contribution < 1.29 is 28.3 Å². The lowest BCUT2D eigenvalue weighted by molar-refractivity contribution is -0.150. The van der Waals surface area contributed by atoms with Crippen molar-refractivity contribution in [1.82, 2.24) is 10.9 Å². The van der Waals surface area contributed by atoms with Crippen LogP contribution in [0.3, 0.4) is 0 Å². The molecule has 10 nitrogen and oxygen atoms in total. The van der Waals surface area contributed by atoms with Crippen molar-refractivity contribution >= 4 is 34.4 Å². The summed E-state index contributed by atoms with van der Waals surface area (Å²) in [6.07, 6.45) is 0. The van der Waals surface area contributed by atoms with Gasteiger partial charge in [-0.2, -0.15) is 0 Å². The van der Waals surface area contributed by atoms with Crippen LogP contribution in [0.4, 0.5) is 5.69 Å². The fraction of sp³-hybridized carbons (Fsp3) is 0.280. The van der Waals surface area contributed by atoms with Gasteiger partial charge in [-0.3, -0.25) is 20.4 Å². The zero-order chi connectivity index (χ0) is 25.4. The highest BCUT2D eigenvalue weighted by Gasteiger charge is 2.12. The monoisotopic (exact) mass is 481 g/mol. The largest absolute Gasteiger partial charge is 0.482 e. The molecule has 0 aliphatic heterocycles. The maximum absolute atomic E-state index is 12.2. The number of fused-ring (bicyclic) bond motifs is 1. The predicted molar refractivity (Wildman–Crippen MR) is 129 cm³/mol. The highest BCUT2D eigenvalue weighted by molar-refractivity contribution is 5.95. The van der Waals surface area contributed by atoms with E-state index in [0.717, 1.165) is 29.7 Å². The third-order valence-corrected chi connectivity index (χ3v) is 5.22. The third kappa shape index (κ3) is 6.83.